The molecule has 0 saturated carbocycles. The topological polar surface area (TPSA) is 66.6 Å². The summed E-state index contributed by atoms with van der Waals surface area (Å²) >= 11 is 0. The van der Waals surface area contributed by atoms with E-state index in [1.807, 2.05) is 24.3 Å². The minimum atomic E-state index is -0.538. The van der Waals surface area contributed by atoms with Gasteiger partial charge in [0.1, 0.15) is 6.29 Å². The van der Waals surface area contributed by atoms with Crippen LogP contribution in [-0.2, 0) is 11.3 Å². The lowest BCUT2D eigenvalue weighted by Crippen LogP contribution is -2.26. The van der Waals surface area contributed by atoms with Crippen molar-refractivity contribution in [1.82, 2.24) is 4.90 Å². The number of rotatable bonds is 7. The van der Waals surface area contributed by atoms with E-state index in [4.69, 9.17) is 10.8 Å². The van der Waals surface area contributed by atoms with Crippen molar-refractivity contribution in [3.63, 3.8) is 0 Å². The fourth-order valence-electron chi connectivity index (χ4n) is 1.67. The highest BCUT2D eigenvalue weighted by Crippen LogP contribution is 2.11. The Labute approximate surface area is 102 Å². The van der Waals surface area contributed by atoms with Gasteiger partial charge in [0, 0.05) is 13.1 Å². The smallest absolute Gasteiger partial charge is 0.141 e. The number of carbonyl (C=O) groups is 1. The van der Waals surface area contributed by atoms with Crippen LogP contribution in [0.5, 0.6) is 0 Å². The van der Waals surface area contributed by atoms with E-state index in [2.05, 4.69) is 11.8 Å². The highest BCUT2D eigenvalue weighted by atomic mass is 16.3. The third kappa shape index (κ3) is 4.26. The Hall–Kier alpha value is -1.23. The van der Waals surface area contributed by atoms with Crippen LogP contribution in [0.3, 0.4) is 0 Å². The molecule has 1 aromatic carbocycles. The van der Waals surface area contributed by atoms with Crippen molar-refractivity contribution in [1.29, 1.82) is 0 Å². The molecule has 4 nitrogen and oxygen atoms in total. The SMILES string of the molecule is CCN(CCO)Cc1ccc(C(N)C=O)cc1. The van der Waals surface area contributed by atoms with Crippen LogP contribution in [0.25, 0.3) is 0 Å². The molecule has 17 heavy (non-hydrogen) atoms. The van der Waals surface area contributed by atoms with E-state index in [-0.39, 0.29) is 6.61 Å². The molecule has 3 N–H and O–H groups in total. The van der Waals surface area contributed by atoms with Crippen LogP contribution in [0.15, 0.2) is 24.3 Å². The van der Waals surface area contributed by atoms with Gasteiger partial charge in [0.15, 0.2) is 0 Å². The largest absolute Gasteiger partial charge is 0.395 e. The van der Waals surface area contributed by atoms with Crippen molar-refractivity contribution in [2.45, 2.75) is 19.5 Å². The number of hydrogen-bond acceptors (Lipinski definition) is 4. The molecular weight excluding hydrogens is 216 g/mol. The van der Waals surface area contributed by atoms with Gasteiger partial charge in [-0.25, -0.2) is 0 Å². The molecule has 0 fully saturated rings. The Bertz CT molecular complexity index is 338. The van der Waals surface area contributed by atoms with E-state index in [0.717, 1.165) is 30.5 Å². The summed E-state index contributed by atoms with van der Waals surface area (Å²) in [5, 5.41) is 8.90. The van der Waals surface area contributed by atoms with Gasteiger partial charge in [0.25, 0.3) is 0 Å². The van der Waals surface area contributed by atoms with E-state index in [1.54, 1.807) is 0 Å². The first-order valence-corrected chi connectivity index (χ1v) is 5.84. The van der Waals surface area contributed by atoms with Gasteiger partial charge < -0.3 is 15.6 Å². The maximum Gasteiger partial charge on any atom is 0.141 e. The molecule has 0 aliphatic carbocycles. The maximum absolute atomic E-state index is 10.5. The summed E-state index contributed by atoms with van der Waals surface area (Å²) in [5.41, 5.74) is 7.59. The number of likely N-dealkylation sites (N-methyl/N-ethyl adjacent to an activating group) is 1. The number of aliphatic hydroxyl groups excluding tert-OH is 1. The third-order valence-electron chi connectivity index (χ3n) is 2.78. The van der Waals surface area contributed by atoms with Crippen LogP contribution >= 0.6 is 0 Å². The monoisotopic (exact) mass is 236 g/mol. The van der Waals surface area contributed by atoms with E-state index in [9.17, 15) is 4.79 Å². The molecule has 4 heteroatoms. The van der Waals surface area contributed by atoms with Crippen molar-refractivity contribution in [2.24, 2.45) is 5.73 Å². The Morgan fingerprint density at radius 3 is 2.53 bits per heavy atom. The second kappa shape index (κ2) is 7.17. The lowest BCUT2D eigenvalue weighted by molar-refractivity contribution is -0.109. The number of benzene rings is 1. The summed E-state index contributed by atoms with van der Waals surface area (Å²) in [6.45, 7) is 4.60. The number of aliphatic hydroxyl groups is 1. The first-order chi connectivity index (χ1) is 8.21. The van der Waals surface area contributed by atoms with Gasteiger partial charge in [0.05, 0.1) is 12.6 Å². The van der Waals surface area contributed by atoms with Crippen LogP contribution in [0.1, 0.15) is 24.1 Å². The molecule has 0 saturated heterocycles. The zero-order valence-corrected chi connectivity index (χ0v) is 10.2. The van der Waals surface area contributed by atoms with Gasteiger partial charge in [-0.2, -0.15) is 0 Å². The molecule has 0 radical (unpaired) electrons. The fourth-order valence-corrected chi connectivity index (χ4v) is 1.67. The van der Waals surface area contributed by atoms with Crippen molar-refractivity contribution in [3.8, 4) is 0 Å². The molecule has 0 spiro atoms. The minimum absolute atomic E-state index is 0.169. The van der Waals surface area contributed by atoms with Gasteiger partial charge in [-0.3, -0.25) is 4.90 Å². The molecular formula is C13H20N2O2. The predicted octanol–water partition coefficient (Wildman–Crippen LogP) is 0.699. The predicted molar refractivity (Wildman–Crippen MR) is 67.5 cm³/mol. The molecule has 0 bridgehead atoms. The van der Waals surface area contributed by atoms with E-state index >= 15 is 0 Å². The van der Waals surface area contributed by atoms with Crippen LogP contribution < -0.4 is 5.73 Å². The highest BCUT2D eigenvalue weighted by Gasteiger charge is 2.05. The zero-order valence-electron chi connectivity index (χ0n) is 10.2. The zero-order chi connectivity index (χ0) is 12.7. The Kier molecular flexibility index (Phi) is 5.83. The average Bonchev–Trinajstić information content (AvgIpc) is 2.38. The summed E-state index contributed by atoms with van der Waals surface area (Å²) in [6, 6.07) is 7.16. The number of aldehydes is 1. The fraction of sp³-hybridized carbons (Fsp3) is 0.462. The molecule has 0 heterocycles. The van der Waals surface area contributed by atoms with Crippen molar-refractivity contribution in [2.75, 3.05) is 19.7 Å². The Morgan fingerprint density at radius 1 is 1.41 bits per heavy atom. The van der Waals surface area contributed by atoms with Crippen LogP contribution in [0.4, 0.5) is 0 Å². The summed E-state index contributed by atoms with van der Waals surface area (Å²) in [7, 11) is 0. The molecule has 94 valence electrons. The lowest BCUT2D eigenvalue weighted by Gasteiger charge is -2.19. The van der Waals surface area contributed by atoms with E-state index in [1.165, 1.54) is 0 Å². The molecule has 1 atom stereocenters. The van der Waals surface area contributed by atoms with Crippen molar-refractivity contribution >= 4 is 6.29 Å². The molecule has 1 unspecified atom stereocenters. The third-order valence-corrected chi connectivity index (χ3v) is 2.78. The molecule has 1 aromatic rings. The summed E-state index contributed by atoms with van der Waals surface area (Å²) < 4.78 is 0. The number of nitrogens with two attached hydrogens (primary N) is 1. The number of carbonyl (C=O) groups excluding carboxylic acids is 1. The summed E-state index contributed by atoms with van der Waals surface area (Å²) in [6.07, 6.45) is 0.735. The van der Waals surface area contributed by atoms with Gasteiger partial charge in [-0.1, -0.05) is 31.2 Å². The van der Waals surface area contributed by atoms with Crippen LogP contribution in [-0.4, -0.2) is 36.0 Å². The molecule has 0 aliphatic rings. The lowest BCUT2D eigenvalue weighted by atomic mass is 10.1. The maximum atomic E-state index is 10.5. The van der Waals surface area contributed by atoms with Gasteiger partial charge in [-0.15, -0.1) is 0 Å². The standard InChI is InChI=1S/C13H20N2O2/c1-2-15(7-8-16)9-11-3-5-12(6-4-11)13(14)10-17/h3-6,10,13,16H,2,7-9,14H2,1H3. The average molecular weight is 236 g/mol. The second-order valence-corrected chi connectivity index (χ2v) is 4.00. The first kappa shape index (κ1) is 13.8. The van der Waals surface area contributed by atoms with Crippen LogP contribution in [0.2, 0.25) is 0 Å². The van der Waals surface area contributed by atoms with E-state index < -0.39 is 6.04 Å². The van der Waals surface area contributed by atoms with Gasteiger partial charge in [-0.05, 0) is 17.7 Å². The molecule has 1 rings (SSSR count). The molecule has 0 amide bonds. The quantitative estimate of drug-likeness (QED) is 0.684. The minimum Gasteiger partial charge on any atom is -0.395 e. The second-order valence-electron chi connectivity index (χ2n) is 4.00. The number of hydrogen-bond donors (Lipinski definition) is 2. The van der Waals surface area contributed by atoms with E-state index in [0.29, 0.717) is 6.54 Å². The summed E-state index contributed by atoms with van der Waals surface area (Å²) in [5.74, 6) is 0. The Balaban J connectivity index is 2.64. The first-order valence-electron chi connectivity index (χ1n) is 5.84. The molecule has 0 aromatic heterocycles. The number of nitrogens with zero attached hydrogens (tertiary/aromatic N) is 1. The molecule has 0 aliphatic heterocycles. The van der Waals surface area contributed by atoms with Gasteiger partial charge >= 0.3 is 0 Å². The van der Waals surface area contributed by atoms with Crippen molar-refractivity contribution < 1.29 is 9.90 Å². The normalized spacial score (nSPS) is 12.7. The summed E-state index contributed by atoms with van der Waals surface area (Å²) in [4.78, 5) is 12.7. The Morgan fingerprint density at radius 2 is 2.06 bits per heavy atom. The van der Waals surface area contributed by atoms with Crippen molar-refractivity contribution in [3.05, 3.63) is 35.4 Å². The van der Waals surface area contributed by atoms with Crippen LogP contribution in [0, 0.1) is 0 Å². The van der Waals surface area contributed by atoms with Gasteiger partial charge in [0.2, 0.25) is 0 Å². The highest BCUT2D eigenvalue weighted by molar-refractivity contribution is 5.60.